The normalized spacial score (nSPS) is 23.8. The first-order valence-corrected chi connectivity index (χ1v) is 8.34. The fraction of sp³-hybridized carbons (Fsp3) is 0.684. The molecule has 2 atom stereocenters. The van der Waals surface area contributed by atoms with Gasteiger partial charge in [0.05, 0.1) is 0 Å². The summed E-state index contributed by atoms with van der Waals surface area (Å²) in [6.07, 6.45) is 6.64. The van der Waals surface area contributed by atoms with Crippen molar-refractivity contribution >= 4 is 0 Å². The summed E-state index contributed by atoms with van der Waals surface area (Å²) < 4.78 is 0. The zero-order valence-electron chi connectivity index (χ0n) is 13.7. The fourth-order valence-corrected chi connectivity index (χ4v) is 3.28. The van der Waals surface area contributed by atoms with Crippen LogP contribution in [0.5, 0.6) is 0 Å². The molecule has 112 valence electrons. The van der Waals surface area contributed by atoms with Crippen molar-refractivity contribution in [3.63, 3.8) is 0 Å². The lowest BCUT2D eigenvalue weighted by atomic mass is 9.80. The molecule has 0 aliphatic heterocycles. The van der Waals surface area contributed by atoms with Crippen LogP contribution in [-0.4, -0.2) is 12.6 Å². The lowest BCUT2D eigenvalue weighted by molar-refractivity contribution is 0.340. The second-order valence-corrected chi connectivity index (χ2v) is 7.39. The predicted molar refractivity (Wildman–Crippen MR) is 88.4 cm³/mol. The third kappa shape index (κ3) is 4.09. The minimum absolute atomic E-state index is 0.260. The van der Waals surface area contributed by atoms with Gasteiger partial charge >= 0.3 is 0 Å². The van der Waals surface area contributed by atoms with Crippen molar-refractivity contribution in [2.75, 3.05) is 6.54 Å². The second-order valence-electron chi connectivity index (χ2n) is 7.39. The molecule has 2 rings (SSSR count). The Hall–Kier alpha value is -0.820. The van der Waals surface area contributed by atoms with E-state index in [0.717, 1.165) is 12.0 Å². The Labute approximate surface area is 125 Å². The van der Waals surface area contributed by atoms with Crippen LogP contribution in [-0.2, 0) is 5.41 Å². The minimum atomic E-state index is 0.260. The van der Waals surface area contributed by atoms with E-state index in [9.17, 15) is 0 Å². The molecule has 1 nitrogen and oxygen atoms in total. The summed E-state index contributed by atoms with van der Waals surface area (Å²) in [4.78, 5) is 0. The summed E-state index contributed by atoms with van der Waals surface area (Å²) in [6, 6.07) is 10.1. The van der Waals surface area contributed by atoms with E-state index in [-0.39, 0.29) is 5.41 Å². The highest BCUT2D eigenvalue weighted by Gasteiger charge is 2.23. The average molecular weight is 273 g/mol. The monoisotopic (exact) mass is 273 g/mol. The molecule has 2 unspecified atom stereocenters. The molecule has 1 N–H and O–H groups in total. The number of hydrogen-bond donors (Lipinski definition) is 1. The molecule has 0 radical (unpaired) electrons. The maximum Gasteiger partial charge on any atom is 0.00728 e. The quantitative estimate of drug-likeness (QED) is 0.813. The van der Waals surface area contributed by atoms with Gasteiger partial charge in [-0.1, -0.05) is 58.4 Å². The molecule has 0 spiro atoms. The molecule has 0 bridgehead atoms. The maximum absolute atomic E-state index is 3.71. The van der Waals surface area contributed by atoms with Gasteiger partial charge in [0.25, 0.3) is 0 Å². The molecule has 1 aliphatic rings. The zero-order chi connectivity index (χ0) is 14.6. The van der Waals surface area contributed by atoms with Gasteiger partial charge in [0.15, 0.2) is 0 Å². The highest BCUT2D eigenvalue weighted by Crippen LogP contribution is 2.34. The van der Waals surface area contributed by atoms with E-state index in [1.165, 1.54) is 44.2 Å². The molecule has 20 heavy (non-hydrogen) atoms. The molecule has 1 saturated carbocycles. The van der Waals surface area contributed by atoms with Gasteiger partial charge in [0.1, 0.15) is 0 Å². The molecule has 0 saturated heterocycles. The predicted octanol–water partition coefficient (Wildman–Crippen LogP) is 5.01. The van der Waals surface area contributed by atoms with Crippen molar-refractivity contribution < 1.29 is 0 Å². The summed E-state index contributed by atoms with van der Waals surface area (Å²) in [6.45, 7) is 10.3. The molecule has 1 aliphatic carbocycles. The Kier molecular flexibility index (Phi) is 5.26. The molecule has 1 aromatic carbocycles. The van der Waals surface area contributed by atoms with Crippen LogP contribution in [0.25, 0.3) is 0 Å². The van der Waals surface area contributed by atoms with Crippen LogP contribution < -0.4 is 5.32 Å². The van der Waals surface area contributed by atoms with Crippen molar-refractivity contribution in [3.8, 4) is 0 Å². The van der Waals surface area contributed by atoms with Gasteiger partial charge in [-0.3, -0.25) is 0 Å². The third-order valence-electron chi connectivity index (χ3n) is 4.61. The van der Waals surface area contributed by atoms with Crippen molar-refractivity contribution in [3.05, 3.63) is 35.4 Å². The fourth-order valence-electron chi connectivity index (χ4n) is 3.28. The van der Waals surface area contributed by atoms with Crippen LogP contribution in [0.1, 0.15) is 76.8 Å². The highest BCUT2D eigenvalue weighted by atomic mass is 14.9. The van der Waals surface area contributed by atoms with Crippen molar-refractivity contribution in [1.29, 1.82) is 0 Å². The lowest BCUT2D eigenvalue weighted by Crippen LogP contribution is -2.34. The molecule has 0 amide bonds. The van der Waals surface area contributed by atoms with Crippen LogP contribution >= 0.6 is 0 Å². The SMILES string of the molecule is CCCNC1CCCC(c2ccc(C(C)(C)C)cc2)C1. The lowest BCUT2D eigenvalue weighted by Gasteiger charge is -2.30. The van der Waals surface area contributed by atoms with Crippen LogP contribution in [0.15, 0.2) is 24.3 Å². The first kappa shape index (κ1) is 15.6. The first-order valence-electron chi connectivity index (χ1n) is 8.34. The molecule has 1 heteroatoms. The maximum atomic E-state index is 3.71. The van der Waals surface area contributed by atoms with Gasteiger partial charge < -0.3 is 5.32 Å². The van der Waals surface area contributed by atoms with E-state index in [2.05, 4.69) is 57.3 Å². The molecular weight excluding hydrogens is 242 g/mol. The zero-order valence-corrected chi connectivity index (χ0v) is 13.7. The Morgan fingerprint density at radius 3 is 2.40 bits per heavy atom. The number of nitrogens with one attached hydrogen (secondary N) is 1. The van der Waals surface area contributed by atoms with Crippen LogP contribution in [0, 0.1) is 0 Å². The summed E-state index contributed by atoms with van der Waals surface area (Å²) in [5.74, 6) is 0.757. The second kappa shape index (κ2) is 6.76. The number of hydrogen-bond acceptors (Lipinski definition) is 1. The van der Waals surface area contributed by atoms with Crippen molar-refractivity contribution in [2.24, 2.45) is 0 Å². The van der Waals surface area contributed by atoms with Gasteiger partial charge in [-0.25, -0.2) is 0 Å². The summed E-state index contributed by atoms with van der Waals surface area (Å²) in [5.41, 5.74) is 3.25. The number of rotatable bonds is 4. The van der Waals surface area contributed by atoms with Gasteiger partial charge in [0, 0.05) is 6.04 Å². The highest BCUT2D eigenvalue weighted by molar-refractivity contribution is 5.29. The first-order chi connectivity index (χ1) is 9.50. The van der Waals surface area contributed by atoms with E-state index >= 15 is 0 Å². The Morgan fingerprint density at radius 1 is 1.10 bits per heavy atom. The minimum Gasteiger partial charge on any atom is -0.314 e. The average Bonchev–Trinajstić information content (AvgIpc) is 2.45. The molecule has 0 aromatic heterocycles. The largest absolute Gasteiger partial charge is 0.314 e. The Morgan fingerprint density at radius 2 is 1.80 bits per heavy atom. The van der Waals surface area contributed by atoms with E-state index < -0.39 is 0 Å². The smallest absolute Gasteiger partial charge is 0.00728 e. The van der Waals surface area contributed by atoms with Crippen molar-refractivity contribution in [1.82, 2.24) is 5.32 Å². The Balaban J connectivity index is 2.00. The standard InChI is InChI=1S/C19H31N/c1-5-13-20-18-8-6-7-16(14-18)15-9-11-17(12-10-15)19(2,3)4/h9-12,16,18,20H,5-8,13-14H2,1-4H3. The number of benzene rings is 1. The molecular formula is C19H31N. The van der Waals surface area contributed by atoms with Crippen molar-refractivity contribution in [2.45, 2.75) is 77.2 Å². The summed E-state index contributed by atoms with van der Waals surface area (Å²) in [7, 11) is 0. The van der Waals surface area contributed by atoms with Crippen LogP contribution in [0.3, 0.4) is 0 Å². The molecule has 1 fully saturated rings. The van der Waals surface area contributed by atoms with E-state index in [1.807, 2.05) is 0 Å². The van der Waals surface area contributed by atoms with E-state index in [1.54, 1.807) is 5.56 Å². The van der Waals surface area contributed by atoms with Gasteiger partial charge in [0.2, 0.25) is 0 Å². The van der Waals surface area contributed by atoms with E-state index in [0.29, 0.717) is 0 Å². The van der Waals surface area contributed by atoms with Gasteiger partial charge in [-0.05, 0) is 54.7 Å². The van der Waals surface area contributed by atoms with Crippen LogP contribution in [0.2, 0.25) is 0 Å². The molecule has 0 heterocycles. The summed E-state index contributed by atoms with van der Waals surface area (Å²) in [5, 5.41) is 3.71. The molecule has 1 aromatic rings. The van der Waals surface area contributed by atoms with Gasteiger partial charge in [-0.2, -0.15) is 0 Å². The Bertz CT molecular complexity index is 399. The summed E-state index contributed by atoms with van der Waals surface area (Å²) >= 11 is 0. The van der Waals surface area contributed by atoms with Gasteiger partial charge in [-0.15, -0.1) is 0 Å². The topological polar surface area (TPSA) is 12.0 Å². The third-order valence-corrected chi connectivity index (χ3v) is 4.61. The van der Waals surface area contributed by atoms with Crippen LogP contribution in [0.4, 0.5) is 0 Å². The van der Waals surface area contributed by atoms with E-state index in [4.69, 9.17) is 0 Å².